The Labute approximate surface area is 171 Å². The van der Waals surface area contributed by atoms with Crippen molar-refractivity contribution in [2.45, 2.75) is 25.3 Å². The molecule has 1 amide bonds. The number of amides is 1. The average Bonchev–Trinajstić information content (AvgIpc) is 2.71. The maximum Gasteiger partial charge on any atom is 0.265 e. The summed E-state index contributed by atoms with van der Waals surface area (Å²) in [6, 6.07) is 20.4. The Balaban J connectivity index is 1.63. The van der Waals surface area contributed by atoms with Crippen molar-refractivity contribution in [3.8, 4) is 11.1 Å². The van der Waals surface area contributed by atoms with Crippen molar-refractivity contribution in [2.75, 3.05) is 10.8 Å². The monoisotopic (exact) mass is 406 g/mol. The molecule has 148 valence electrons. The molecule has 1 aliphatic heterocycles. The highest BCUT2D eigenvalue weighted by molar-refractivity contribution is 7.93. The Hall–Kier alpha value is -3.12. The molecule has 0 unspecified atom stereocenters. The molecule has 0 bridgehead atoms. The van der Waals surface area contributed by atoms with E-state index in [1.807, 2.05) is 56.3 Å². The topological polar surface area (TPSA) is 66.5 Å². The van der Waals surface area contributed by atoms with Gasteiger partial charge in [-0.3, -0.25) is 9.10 Å². The predicted molar refractivity (Wildman–Crippen MR) is 114 cm³/mol. The Bertz CT molecular complexity index is 1180. The SMILES string of the molecule is Cc1ccc(CNC(=O)CN2c3ccc(C)cc3-c3ccccc3S2(=O)=O)cc1. The van der Waals surface area contributed by atoms with Crippen LogP contribution >= 0.6 is 0 Å². The second kappa shape index (κ2) is 7.37. The van der Waals surface area contributed by atoms with Gasteiger partial charge in [0.1, 0.15) is 6.54 Å². The zero-order valence-electron chi connectivity index (χ0n) is 16.3. The number of nitrogens with one attached hydrogen (secondary N) is 1. The van der Waals surface area contributed by atoms with Crippen LogP contribution in [0.3, 0.4) is 0 Å². The first-order chi connectivity index (χ1) is 13.9. The summed E-state index contributed by atoms with van der Waals surface area (Å²) in [5.74, 6) is -0.347. The minimum Gasteiger partial charge on any atom is -0.350 e. The van der Waals surface area contributed by atoms with E-state index in [4.69, 9.17) is 0 Å². The molecule has 1 aliphatic rings. The molecule has 1 heterocycles. The number of rotatable bonds is 4. The van der Waals surface area contributed by atoms with Gasteiger partial charge in [-0.2, -0.15) is 0 Å². The first-order valence-electron chi connectivity index (χ1n) is 9.41. The molecule has 0 radical (unpaired) electrons. The van der Waals surface area contributed by atoms with E-state index in [1.54, 1.807) is 24.3 Å². The number of benzene rings is 3. The van der Waals surface area contributed by atoms with Crippen LogP contribution in [-0.4, -0.2) is 20.9 Å². The molecular formula is C23H22N2O3S. The third-order valence-electron chi connectivity index (χ3n) is 5.06. The molecule has 0 aliphatic carbocycles. The van der Waals surface area contributed by atoms with Crippen molar-refractivity contribution in [2.24, 2.45) is 0 Å². The predicted octanol–water partition coefficient (Wildman–Crippen LogP) is 3.80. The second-order valence-electron chi connectivity index (χ2n) is 7.29. The van der Waals surface area contributed by atoms with Gasteiger partial charge in [0.2, 0.25) is 5.91 Å². The number of hydrogen-bond acceptors (Lipinski definition) is 3. The lowest BCUT2D eigenvalue weighted by Crippen LogP contribution is -2.42. The van der Waals surface area contributed by atoms with E-state index in [2.05, 4.69) is 5.32 Å². The molecule has 0 saturated heterocycles. The Kier molecular flexibility index (Phi) is 4.88. The summed E-state index contributed by atoms with van der Waals surface area (Å²) in [7, 11) is -3.82. The Morgan fingerprint density at radius 3 is 2.34 bits per heavy atom. The largest absolute Gasteiger partial charge is 0.350 e. The highest BCUT2D eigenvalue weighted by Crippen LogP contribution is 2.43. The van der Waals surface area contributed by atoms with Crippen LogP contribution in [-0.2, 0) is 21.4 Å². The third kappa shape index (κ3) is 3.63. The van der Waals surface area contributed by atoms with Gasteiger partial charge in [-0.1, -0.05) is 59.7 Å². The van der Waals surface area contributed by atoms with Gasteiger partial charge >= 0.3 is 0 Å². The van der Waals surface area contributed by atoms with Gasteiger partial charge in [0.05, 0.1) is 10.6 Å². The molecule has 6 heteroatoms. The van der Waals surface area contributed by atoms with Crippen LogP contribution in [0, 0.1) is 13.8 Å². The minimum absolute atomic E-state index is 0.226. The number of carbonyl (C=O) groups is 1. The number of aryl methyl sites for hydroxylation is 2. The summed E-state index contributed by atoms with van der Waals surface area (Å²) in [6.45, 7) is 4.05. The van der Waals surface area contributed by atoms with Gasteiger partial charge in [-0.15, -0.1) is 0 Å². The van der Waals surface area contributed by atoms with E-state index in [-0.39, 0.29) is 17.3 Å². The number of fused-ring (bicyclic) bond motifs is 3. The van der Waals surface area contributed by atoms with Crippen molar-refractivity contribution >= 4 is 21.6 Å². The van der Waals surface area contributed by atoms with E-state index in [9.17, 15) is 13.2 Å². The van der Waals surface area contributed by atoms with Gasteiger partial charge in [0, 0.05) is 17.7 Å². The first-order valence-corrected chi connectivity index (χ1v) is 10.9. The van der Waals surface area contributed by atoms with Gasteiger partial charge in [-0.05, 0) is 37.6 Å². The van der Waals surface area contributed by atoms with Crippen LogP contribution in [0.15, 0.2) is 71.6 Å². The number of carbonyl (C=O) groups excluding carboxylic acids is 1. The van der Waals surface area contributed by atoms with Crippen LogP contribution < -0.4 is 9.62 Å². The molecule has 29 heavy (non-hydrogen) atoms. The lowest BCUT2D eigenvalue weighted by atomic mass is 10.0. The molecular weight excluding hydrogens is 384 g/mol. The first kappa shape index (κ1) is 19.2. The third-order valence-corrected chi connectivity index (χ3v) is 6.88. The molecule has 3 aromatic carbocycles. The van der Waals surface area contributed by atoms with Gasteiger partial charge in [-0.25, -0.2) is 8.42 Å². The standard InChI is InChI=1S/C23H22N2O3S/c1-16-7-10-18(11-8-16)14-24-23(26)15-25-21-12-9-17(2)13-20(21)19-5-3-4-6-22(19)29(25,27)28/h3-13H,14-15H2,1-2H3,(H,24,26). The van der Waals surface area contributed by atoms with Crippen molar-refractivity contribution in [1.29, 1.82) is 0 Å². The number of sulfonamides is 1. The van der Waals surface area contributed by atoms with E-state index in [0.29, 0.717) is 17.8 Å². The smallest absolute Gasteiger partial charge is 0.265 e. The second-order valence-corrected chi connectivity index (χ2v) is 9.12. The Morgan fingerprint density at radius 1 is 0.897 bits per heavy atom. The summed E-state index contributed by atoms with van der Waals surface area (Å²) in [5, 5.41) is 2.82. The van der Waals surface area contributed by atoms with Crippen LogP contribution in [0.4, 0.5) is 5.69 Å². The van der Waals surface area contributed by atoms with Gasteiger partial charge in [0.15, 0.2) is 0 Å². The fourth-order valence-electron chi connectivity index (χ4n) is 3.51. The lowest BCUT2D eigenvalue weighted by molar-refractivity contribution is -0.119. The molecule has 5 nitrogen and oxygen atoms in total. The Morgan fingerprint density at radius 2 is 1.59 bits per heavy atom. The van der Waals surface area contributed by atoms with Crippen LogP contribution in [0.2, 0.25) is 0 Å². The highest BCUT2D eigenvalue weighted by atomic mass is 32.2. The van der Waals surface area contributed by atoms with Gasteiger partial charge < -0.3 is 5.32 Å². The maximum absolute atomic E-state index is 13.2. The number of hydrogen-bond donors (Lipinski definition) is 1. The summed E-state index contributed by atoms with van der Waals surface area (Å²) in [4.78, 5) is 12.8. The van der Waals surface area contributed by atoms with Gasteiger partial charge in [0.25, 0.3) is 10.0 Å². The fraction of sp³-hybridized carbons (Fsp3) is 0.174. The molecule has 0 spiro atoms. The quantitative estimate of drug-likeness (QED) is 0.717. The van der Waals surface area contributed by atoms with E-state index >= 15 is 0 Å². The summed E-state index contributed by atoms with van der Waals surface area (Å²) < 4.78 is 27.7. The van der Waals surface area contributed by atoms with E-state index in [0.717, 1.165) is 22.3 Å². The van der Waals surface area contributed by atoms with Crippen LogP contribution in [0.25, 0.3) is 11.1 Å². The fourth-order valence-corrected chi connectivity index (χ4v) is 5.16. The number of nitrogens with zero attached hydrogens (tertiary/aromatic N) is 1. The van der Waals surface area contributed by atoms with Crippen molar-refractivity contribution in [3.05, 3.63) is 83.4 Å². The molecule has 4 rings (SSSR count). The molecule has 0 aromatic heterocycles. The summed E-state index contributed by atoms with van der Waals surface area (Å²) in [6.07, 6.45) is 0. The molecule has 3 aromatic rings. The van der Waals surface area contributed by atoms with Crippen molar-refractivity contribution in [1.82, 2.24) is 5.32 Å². The van der Waals surface area contributed by atoms with E-state index in [1.165, 1.54) is 4.31 Å². The van der Waals surface area contributed by atoms with Crippen molar-refractivity contribution in [3.63, 3.8) is 0 Å². The molecule has 0 fully saturated rings. The average molecular weight is 407 g/mol. The summed E-state index contributed by atoms with van der Waals surface area (Å²) in [5.41, 5.74) is 5.16. The van der Waals surface area contributed by atoms with Crippen LogP contribution in [0.5, 0.6) is 0 Å². The van der Waals surface area contributed by atoms with Crippen molar-refractivity contribution < 1.29 is 13.2 Å². The number of anilines is 1. The summed E-state index contributed by atoms with van der Waals surface area (Å²) >= 11 is 0. The normalized spacial score (nSPS) is 14.1. The molecule has 0 saturated carbocycles. The van der Waals surface area contributed by atoms with Crippen LogP contribution in [0.1, 0.15) is 16.7 Å². The van der Waals surface area contributed by atoms with E-state index < -0.39 is 10.0 Å². The zero-order chi connectivity index (χ0) is 20.6. The minimum atomic E-state index is -3.82. The maximum atomic E-state index is 13.2. The lowest BCUT2D eigenvalue weighted by Gasteiger charge is -2.31. The zero-order valence-corrected chi connectivity index (χ0v) is 17.2. The highest BCUT2D eigenvalue weighted by Gasteiger charge is 2.35. The molecule has 1 N–H and O–H groups in total. The molecule has 0 atom stereocenters.